The van der Waals surface area contributed by atoms with Crippen LogP contribution in [0.3, 0.4) is 0 Å². The Hall–Kier alpha value is -1.25. The third-order valence-electron chi connectivity index (χ3n) is 3.81. The molecule has 20 heavy (non-hydrogen) atoms. The van der Waals surface area contributed by atoms with E-state index >= 15 is 0 Å². The maximum absolute atomic E-state index is 6.28. The number of rotatable bonds is 7. The van der Waals surface area contributed by atoms with Gasteiger partial charge in [0.25, 0.3) is 0 Å². The largest absolute Gasteiger partial charge is 0.469 e. The SMILES string of the molecule is Clc1ccccc1CC(CNC1CC1)Cc1ccco1. The standard InChI is InChI=1S/C17H20ClNO/c18-17-6-2-1-4-14(17)10-13(12-19-15-7-8-15)11-16-5-3-9-20-16/h1-6,9,13,15,19H,7-8,10-12H2. The second kappa shape index (κ2) is 6.47. The van der Waals surface area contributed by atoms with Gasteiger partial charge >= 0.3 is 0 Å². The van der Waals surface area contributed by atoms with Gasteiger partial charge in [0.1, 0.15) is 5.76 Å². The molecule has 1 fully saturated rings. The van der Waals surface area contributed by atoms with Gasteiger partial charge in [0.05, 0.1) is 6.26 Å². The van der Waals surface area contributed by atoms with E-state index in [-0.39, 0.29) is 0 Å². The van der Waals surface area contributed by atoms with E-state index in [2.05, 4.69) is 23.5 Å². The molecule has 1 aliphatic carbocycles. The van der Waals surface area contributed by atoms with Gasteiger partial charge in [0, 0.05) is 17.5 Å². The Morgan fingerprint density at radius 1 is 1.15 bits per heavy atom. The topological polar surface area (TPSA) is 25.2 Å². The Morgan fingerprint density at radius 2 is 2.00 bits per heavy atom. The molecular formula is C17H20ClNO. The second-order valence-corrected chi connectivity index (χ2v) is 6.03. The summed E-state index contributed by atoms with van der Waals surface area (Å²) >= 11 is 6.28. The normalized spacial score (nSPS) is 16.2. The van der Waals surface area contributed by atoms with E-state index in [1.54, 1.807) is 6.26 Å². The molecule has 1 aliphatic rings. The lowest BCUT2D eigenvalue weighted by atomic mass is 9.95. The second-order valence-electron chi connectivity index (χ2n) is 5.63. The predicted molar refractivity (Wildman–Crippen MR) is 82.1 cm³/mol. The van der Waals surface area contributed by atoms with Crippen LogP contribution < -0.4 is 5.32 Å². The van der Waals surface area contributed by atoms with Crippen LogP contribution in [0.5, 0.6) is 0 Å². The van der Waals surface area contributed by atoms with Gasteiger partial charge in [0.2, 0.25) is 0 Å². The highest BCUT2D eigenvalue weighted by atomic mass is 35.5. The summed E-state index contributed by atoms with van der Waals surface area (Å²) in [7, 11) is 0. The number of benzene rings is 1. The molecule has 1 atom stereocenters. The minimum Gasteiger partial charge on any atom is -0.469 e. The van der Waals surface area contributed by atoms with E-state index in [1.807, 2.05) is 18.2 Å². The number of furan rings is 1. The molecule has 0 saturated heterocycles. The molecule has 0 aliphatic heterocycles. The van der Waals surface area contributed by atoms with Crippen molar-refractivity contribution in [1.29, 1.82) is 0 Å². The third kappa shape index (κ3) is 3.87. The molecule has 2 aromatic rings. The van der Waals surface area contributed by atoms with Gasteiger partial charge in [0.15, 0.2) is 0 Å². The number of nitrogens with one attached hydrogen (secondary N) is 1. The summed E-state index contributed by atoms with van der Waals surface area (Å²) in [5.41, 5.74) is 1.23. The van der Waals surface area contributed by atoms with Crippen molar-refractivity contribution >= 4 is 11.6 Å². The van der Waals surface area contributed by atoms with Gasteiger partial charge in [-0.2, -0.15) is 0 Å². The van der Waals surface area contributed by atoms with Gasteiger partial charge in [-0.3, -0.25) is 0 Å². The average molecular weight is 290 g/mol. The lowest BCUT2D eigenvalue weighted by molar-refractivity contribution is 0.414. The molecule has 1 N–H and O–H groups in total. The zero-order valence-corrected chi connectivity index (χ0v) is 12.3. The van der Waals surface area contributed by atoms with E-state index in [9.17, 15) is 0 Å². The quantitative estimate of drug-likeness (QED) is 0.830. The van der Waals surface area contributed by atoms with Gasteiger partial charge in [-0.05, 0) is 55.5 Å². The Morgan fingerprint density at radius 3 is 2.70 bits per heavy atom. The molecule has 0 bridgehead atoms. The van der Waals surface area contributed by atoms with E-state index < -0.39 is 0 Å². The molecule has 0 spiro atoms. The van der Waals surface area contributed by atoms with Crippen molar-refractivity contribution < 1.29 is 4.42 Å². The molecule has 1 heterocycles. The van der Waals surface area contributed by atoms with Crippen LogP contribution in [0.1, 0.15) is 24.2 Å². The van der Waals surface area contributed by atoms with Gasteiger partial charge in [-0.1, -0.05) is 29.8 Å². The first-order valence-corrected chi connectivity index (χ1v) is 7.68. The van der Waals surface area contributed by atoms with Crippen LogP contribution in [0.15, 0.2) is 47.1 Å². The van der Waals surface area contributed by atoms with Crippen LogP contribution >= 0.6 is 11.6 Å². The number of halogens is 1. The van der Waals surface area contributed by atoms with Crippen molar-refractivity contribution in [2.24, 2.45) is 5.92 Å². The minimum absolute atomic E-state index is 0.515. The van der Waals surface area contributed by atoms with Crippen molar-refractivity contribution in [1.82, 2.24) is 5.32 Å². The average Bonchev–Trinajstić information content (AvgIpc) is 3.15. The molecule has 1 saturated carbocycles. The summed E-state index contributed by atoms with van der Waals surface area (Å²) in [5.74, 6) is 1.57. The van der Waals surface area contributed by atoms with Gasteiger partial charge in [-0.25, -0.2) is 0 Å². The smallest absolute Gasteiger partial charge is 0.104 e. The van der Waals surface area contributed by atoms with Crippen LogP contribution in [-0.4, -0.2) is 12.6 Å². The number of hydrogen-bond acceptors (Lipinski definition) is 2. The third-order valence-corrected chi connectivity index (χ3v) is 4.18. The summed E-state index contributed by atoms with van der Waals surface area (Å²) in [4.78, 5) is 0. The zero-order chi connectivity index (χ0) is 13.8. The maximum Gasteiger partial charge on any atom is 0.104 e. The van der Waals surface area contributed by atoms with E-state index in [1.165, 1.54) is 18.4 Å². The molecule has 106 valence electrons. The van der Waals surface area contributed by atoms with Crippen LogP contribution in [0, 0.1) is 5.92 Å². The van der Waals surface area contributed by atoms with Crippen molar-refractivity contribution in [3.8, 4) is 0 Å². The monoisotopic (exact) mass is 289 g/mol. The summed E-state index contributed by atoms with van der Waals surface area (Å²) in [6, 6.07) is 12.9. The molecule has 1 unspecified atom stereocenters. The molecule has 1 aromatic heterocycles. The molecule has 0 radical (unpaired) electrons. The summed E-state index contributed by atoms with van der Waals surface area (Å²) < 4.78 is 5.49. The fraction of sp³-hybridized carbons (Fsp3) is 0.412. The van der Waals surface area contributed by atoms with Gasteiger partial charge in [-0.15, -0.1) is 0 Å². The lowest BCUT2D eigenvalue weighted by Gasteiger charge is -2.17. The van der Waals surface area contributed by atoms with Crippen molar-refractivity contribution in [2.45, 2.75) is 31.7 Å². The highest BCUT2D eigenvalue weighted by molar-refractivity contribution is 6.31. The summed E-state index contributed by atoms with van der Waals surface area (Å²) in [6.45, 7) is 1.02. The predicted octanol–water partition coefficient (Wildman–Crippen LogP) is 4.09. The van der Waals surface area contributed by atoms with E-state index in [0.29, 0.717) is 5.92 Å². The molecular weight excluding hydrogens is 270 g/mol. The van der Waals surface area contributed by atoms with Crippen LogP contribution in [0.25, 0.3) is 0 Å². The van der Waals surface area contributed by atoms with Gasteiger partial charge < -0.3 is 9.73 Å². The van der Waals surface area contributed by atoms with Crippen LogP contribution in [0.4, 0.5) is 0 Å². The highest BCUT2D eigenvalue weighted by Gasteiger charge is 2.22. The van der Waals surface area contributed by atoms with E-state index in [4.69, 9.17) is 16.0 Å². The van der Waals surface area contributed by atoms with Crippen molar-refractivity contribution in [3.05, 3.63) is 59.0 Å². The Kier molecular flexibility index (Phi) is 4.44. The van der Waals surface area contributed by atoms with Crippen molar-refractivity contribution in [2.75, 3.05) is 6.54 Å². The molecule has 1 aromatic carbocycles. The Balaban J connectivity index is 1.65. The molecule has 3 heteroatoms. The van der Waals surface area contributed by atoms with Crippen LogP contribution in [0.2, 0.25) is 5.02 Å². The fourth-order valence-corrected chi connectivity index (χ4v) is 2.74. The molecule has 2 nitrogen and oxygen atoms in total. The van der Waals surface area contributed by atoms with E-state index in [0.717, 1.165) is 36.2 Å². The molecule has 3 rings (SSSR count). The highest BCUT2D eigenvalue weighted by Crippen LogP contribution is 2.23. The Labute approximate surface area is 125 Å². The first-order chi connectivity index (χ1) is 9.81. The minimum atomic E-state index is 0.515. The first-order valence-electron chi connectivity index (χ1n) is 7.30. The lowest BCUT2D eigenvalue weighted by Crippen LogP contribution is -2.27. The Bertz CT molecular complexity index is 534. The number of hydrogen-bond donors (Lipinski definition) is 1. The fourth-order valence-electron chi connectivity index (χ4n) is 2.53. The first kappa shape index (κ1) is 13.7. The summed E-state index contributed by atoms with van der Waals surface area (Å²) in [5, 5.41) is 4.49. The summed E-state index contributed by atoms with van der Waals surface area (Å²) in [6.07, 6.45) is 6.33. The van der Waals surface area contributed by atoms with Crippen LogP contribution in [-0.2, 0) is 12.8 Å². The zero-order valence-electron chi connectivity index (χ0n) is 11.5. The molecule has 0 amide bonds. The van der Waals surface area contributed by atoms with Crippen molar-refractivity contribution in [3.63, 3.8) is 0 Å². The maximum atomic E-state index is 6.28.